The Hall–Kier alpha value is -2.09. The van der Waals surface area contributed by atoms with Crippen LogP contribution < -0.4 is 10.1 Å². The van der Waals surface area contributed by atoms with Gasteiger partial charge in [0.25, 0.3) is 0 Å². The molecule has 1 N–H and O–H groups in total. The van der Waals surface area contributed by atoms with Crippen molar-refractivity contribution in [3.05, 3.63) is 53.1 Å². The number of anilines is 1. The second kappa shape index (κ2) is 9.21. The van der Waals surface area contributed by atoms with Crippen LogP contribution in [0.2, 0.25) is 5.02 Å². The number of aryl methyl sites for hydroxylation is 1. The molecule has 0 radical (unpaired) electrons. The topological polar surface area (TPSA) is 75.7 Å². The summed E-state index contributed by atoms with van der Waals surface area (Å²) < 4.78 is 32.1. The summed E-state index contributed by atoms with van der Waals surface area (Å²) in [5.74, 6) is 0.153. The van der Waals surface area contributed by atoms with Crippen LogP contribution in [0, 0.1) is 6.92 Å². The lowest BCUT2D eigenvalue weighted by Gasteiger charge is -2.20. The molecule has 0 bridgehead atoms. The molecule has 146 valence electrons. The molecule has 27 heavy (non-hydrogen) atoms. The van der Waals surface area contributed by atoms with E-state index in [4.69, 9.17) is 16.3 Å². The van der Waals surface area contributed by atoms with Gasteiger partial charge in [-0.3, -0.25) is 4.79 Å². The van der Waals surface area contributed by atoms with Gasteiger partial charge in [-0.15, -0.1) is 0 Å². The van der Waals surface area contributed by atoms with E-state index >= 15 is 0 Å². The van der Waals surface area contributed by atoms with Crippen molar-refractivity contribution in [1.29, 1.82) is 0 Å². The van der Waals surface area contributed by atoms with Gasteiger partial charge in [-0.1, -0.05) is 24.6 Å². The Morgan fingerprint density at radius 3 is 2.37 bits per heavy atom. The number of likely N-dealkylation sites (N-methyl/N-ethyl adjacent to an activating group) is 1. The Bertz CT molecular complexity index is 898. The molecule has 6 nitrogen and oxygen atoms in total. The molecule has 2 aromatic rings. The van der Waals surface area contributed by atoms with Gasteiger partial charge in [0.05, 0.1) is 18.0 Å². The minimum absolute atomic E-state index is 0.110. The lowest BCUT2D eigenvalue weighted by Crippen LogP contribution is -2.37. The monoisotopic (exact) mass is 410 g/mol. The standard InChI is InChI=1S/C19H23ClN2O4S/c1-4-22(13-19(23)21-15-7-6-14(3)18(20)12-15)27(24,25)17-10-8-16(9-11-17)26-5-2/h6-12H,4-5,13H2,1-3H3,(H,21,23). The fourth-order valence-electron chi connectivity index (χ4n) is 2.42. The second-order valence-corrected chi connectivity index (χ2v) is 8.19. The van der Waals surface area contributed by atoms with Crippen LogP contribution in [0.1, 0.15) is 19.4 Å². The van der Waals surface area contributed by atoms with E-state index in [-0.39, 0.29) is 18.0 Å². The van der Waals surface area contributed by atoms with Crippen molar-refractivity contribution in [3.63, 3.8) is 0 Å². The minimum Gasteiger partial charge on any atom is -0.494 e. The average Bonchev–Trinajstić information content (AvgIpc) is 2.63. The van der Waals surface area contributed by atoms with Gasteiger partial charge in [-0.2, -0.15) is 4.31 Å². The fourth-order valence-corrected chi connectivity index (χ4v) is 4.01. The summed E-state index contributed by atoms with van der Waals surface area (Å²) in [4.78, 5) is 12.4. The summed E-state index contributed by atoms with van der Waals surface area (Å²) >= 11 is 6.05. The summed E-state index contributed by atoms with van der Waals surface area (Å²) in [6.45, 7) is 5.76. The predicted octanol–water partition coefficient (Wildman–Crippen LogP) is 3.70. The Kier molecular flexibility index (Phi) is 7.24. The van der Waals surface area contributed by atoms with Gasteiger partial charge >= 0.3 is 0 Å². The van der Waals surface area contributed by atoms with Gasteiger partial charge in [-0.25, -0.2) is 8.42 Å². The van der Waals surface area contributed by atoms with E-state index < -0.39 is 15.9 Å². The number of nitrogens with zero attached hydrogens (tertiary/aromatic N) is 1. The van der Waals surface area contributed by atoms with E-state index in [0.717, 1.165) is 9.87 Å². The molecule has 0 saturated heterocycles. The number of sulfonamides is 1. The van der Waals surface area contributed by atoms with Gasteiger partial charge in [0.15, 0.2) is 0 Å². The molecular weight excluding hydrogens is 388 g/mol. The molecule has 2 aromatic carbocycles. The summed E-state index contributed by atoms with van der Waals surface area (Å²) in [5.41, 5.74) is 1.41. The van der Waals surface area contributed by atoms with Gasteiger partial charge in [0.2, 0.25) is 15.9 Å². The molecule has 0 atom stereocenters. The third kappa shape index (κ3) is 5.45. The zero-order chi connectivity index (χ0) is 20.0. The third-order valence-corrected chi connectivity index (χ3v) is 6.24. The smallest absolute Gasteiger partial charge is 0.243 e. The lowest BCUT2D eigenvalue weighted by molar-refractivity contribution is -0.116. The van der Waals surface area contributed by atoms with Crippen LogP contribution in [0.4, 0.5) is 5.69 Å². The van der Waals surface area contributed by atoms with E-state index in [2.05, 4.69) is 5.32 Å². The van der Waals surface area contributed by atoms with Crippen LogP contribution >= 0.6 is 11.6 Å². The zero-order valence-electron chi connectivity index (χ0n) is 15.5. The first-order valence-corrected chi connectivity index (χ1v) is 10.4. The largest absolute Gasteiger partial charge is 0.494 e. The molecule has 0 heterocycles. The van der Waals surface area contributed by atoms with Crippen molar-refractivity contribution < 1.29 is 17.9 Å². The molecule has 0 fully saturated rings. The van der Waals surface area contributed by atoms with Gasteiger partial charge in [-0.05, 0) is 55.8 Å². The van der Waals surface area contributed by atoms with E-state index in [1.807, 2.05) is 13.8 Å². The number of carbonyl (C=O) groups is 1. The maximum Gasteiger partial charge on any atom is 0.243 e. The average molecular weight is 411 g/mol. The summed E-state index contributed by atoms with van der Waals surface area (Å²) in [7, 11) is -3.79. The highest BCUT2D eigenvalue weighted by Crippen LogP contribution is 2.21. The fraction of sp³-hybridized carbons (Fsp3) is 0.316. The van der Waals surface area contributed by atoms with Crippen molar-refractivity contribution in [1.82, 2.24) is 4.31 Å². The van der Waals surface area contributed by atoms with E-state index in [0.29, 0.717) is 23.1 Å². The van der Waals surface area contributed by atoms with Gasteiger partial charge in [0, 0.05) is 17.3 Å². The Morgan fingerprint density at radius 2 is 1.81 bits per heavy atom. The minimum atomic E-state index is -3.79. The number of halogens is 1. The highest BCUT2D eigenvalue weighted by Gasteiger charge is 2.25. The Balaban J connectivity index is 2.11. The molecule has 1 amide bonds. The Labute approximate surface area is 165 Å². The number of rotatable bonds is 8. The predicted molar refractivity (Wildman–Crippen MR) is 107 cm³/mol. The first-order chi connectivity index (χ1) is 12.8. The Morgan fingerprint density at radius 1 is 1.15 bits per heavy atom. The van der Waals surface area contributed by atoms with Crippen molar-refractivity contribution in [3.8, 4) is 5.75 Å². The van der Waals surface area contributed by atoms with Crippen LogP contribution in [0.25, 0.3) is 0 Å². The van der Waals surface area contributed by atoms with E-state index in [1.165, 1.54) is 12.1 Å². The maximum atomic E-state index is 12.8. The highest BCUT2D eigenvalue weighted by molar-refractivity contribution is 7.89. The van der Waals surface area contributed by atoms with E-state index in [1.54, 1.807) is 37.3 Å². The summed E-state index contributed by atoms with van der Waals surface area (Å²) in [6.07, 6.45) is 0. The lowest BCUT2D eigenvalue weighted by atomic mass is 10.2. The van der Waals surface area contributed by atoms with Gasteiger partial charge < -0.3 is 10.1 Å². The molecule has 0 unspecified atom stereocenters. The van der Waals surface area contributed by atoms with Crippen molar-refractivity contribution in [2.24, 2.45) is 0 Å². The van der Waals surface area contributed by atoms with Crippen LogP contribution in [0.15, 0.2) is 47.4 Å². The molecule has 0 spiro atoms. The second-order valence-electron chi connectivity index (χ2n) is 5.85. The maximum absolute atomic E-state index is 12.8. The number of nitrogens with one attached hydrogen (secondary N) is 1. The third-order valence-electron chi connectivity index (χ3n) is 3.90. The van der Waals surface area contributed by atoms with Crippen LogP contribution in [0.3, 0.4) is 0 Å². The van der Waals surface area contributed by atoms with Crippen molar-refractivity contribution in [2.75, 3.05) is 25.0 Å². The number of amides is 1. The number of carbonyl (C=O) groups excluding carboxylic acids is 1. The normalized spacial score (nSPS) is 11.4. The molecule has 8 heteroatoms. The molecule has 2 rings (SSSR count). The van der Waals surface area contributed by atoms with E-state index in [9.17, 15) is 13.2 Å². The quantitative estimate of drug-likeness (QED) is 0.720. The molecular formula is C19H23ClN2O4S. The SMILES string of the molecule is CCOc1ccc(S(=O)(=O)N(CC)CC(=O)Nc2ccc(C)c(Cl)c2)cc1. The zero-order valence-corrected chi connectivity index (χ0v) is 17.1. The molecule has 0 aliphatic carbocycles. The summed E-state index contributed by atoms with van der Waals surface area (Å²) in [6, 6.07) is 11.3. The van der Waals surface area contributed by atoms with Crippen LogP contribution in [-0.4, -0.2) is 38.3 Å². The first-order valence-electron chi connectivity index (χ1n) is 8.57. The number of hydrogen-bond acceptors (Lipinski definition) is 4. The number of hydrogen-bond donors (Lipinski definition) is 1. The number of ether oxygens (including phenoxy) is 1. The highest BCUT2D eigenvalue weighted by atomic mass is 35.5. The van der Waals surface area contributed by atoms with Crippen LogP contribution in [-0.2, 0) is 14.8 Å². The van der Waals surface area contributed by atoms with Crippen LogP contribution in [0.5, 0.6) is 5.75 Å². The van der Waals surface area contributed by atoms with Gasteiger partial charge in [0.1, 0.15) is 5.75 Å². The van der Waals surface area contributed by atoms with Crippen molar-refractivity contribution >= 4 is 33.2 Å². The first kappa shape index (κ1) is 21.2. The number of benzene rings is 2. The molecule has 0 aliphatic heterocycles. The summed E-state index contributed by atoms with van der Waals surface area (Å²) in [5, 5.41) is 3.20. The van der Waals surface area contributed by atoms with Crippen molar-refractivity contribution in [2.45, 2.75) is 25.7 Å². The molecule has 0 saturated carbocycles. The molecule has 0 aliphatic rings. The molecule has 0 aromatic heterocycles.